The lowest BCUT2D eigenvalue weighted by atomic mass is 9.88. The Kier molecular flexibility index (Phi) is 3.56. The number of esters is 1. The van der Waals surface area contributed by atoms with E-state index in [-0.39, 0.29) is 18.1 Å². The van der Waals surface area contributed by atoms with Crippen molar-refractivity contribution in [2.24, 2.45) is 0 Å². The summed E-state index contributed by atoms with van der Waals surface area (Å²) in [6.07, 6.45) is 4.71. The number of benzene rings is 1. The van der Waals surface area contributed by atoms with Crippen molar-refractivity contribution in [3.8, 4) is 0 Å². The molecule has 3 rings (SSSR count). The van der Waals surface area contributed by atoms with Crippen molar-refractivity contribution in [3.05, 3.63) is 35.9 Å². The minimum absolute atomic E-state index is 0.0640. The minimum atomic E-state index is -0.0640. The zero-order valence-electron chi connectivity index (χ0n) is 11.4. The highest BCUT2D eigenvalue weighted by Crippen LogP contribution is 2.34. The van der Waals surface area contributed by atoms with Crippen molar-refractivity contribution < 1.29 is 9.53 Å². The Balaban J connectivity index is 1.83. The van der Waals surface area contributed by atoms with E-state index >= 15 is 0 Å². The molecule has 1 saturated carbocycles. The molecule has 0 unspecified atom stereocenters. The number of rotatable bonds is 2. The van der Waals surface area contributed by atoms with Crippen LogP contribution in [-0.4, -0.2) is 29.6 Å². The SMILES string of the molecule is C[C@@H](c1ccccc1)N1CC(=O)O[C@H]2CCCC[C@@H]21. The fourth-order valence-electron chi connectivity index (χ4n) is 3.41. The van der Waals surface area contributed by atoms with E-state index in [1.54, 1.807) is 0 Å². The van der Waals surface area contributed by atoms with Gasteiger partial charge in [-0.05, 0) is 31.7 Å². The lowest BCUT2D eigenvalue weighted by molar-refractivity contribution is -0.170. The van der Waals surface area contributed by atoms with Gasteiger partial charge in [-0.1, -0.05) is 36.8 Å². The van der Waals surface area contributed by atoms with Crippen LogP contribution in [0.15, 0.2) is 30.3 Å². The van der Waals surface area contributed by atoms with Gasteiger partial charge < -0.3 is 4.74 Å². The van der Waals surface area contributed by atoms with Crippen LogP contribution in [-0.2, 0) is 9.53 Å². The highest BCUT2D eigenvalue weighted by atomic mass is 16.5. The van der Waals surface area contributed by atoms with E-state index in [4.69, 9.17) is 4.74 Å². The molecular formula is C16H21NO2. The highest BCUT2D eigenvalue weighted by Gasteiger charge is 2.40. The molecule has 1 aliphatic carbocycles. The predicted molar refractivity (Wildman–Crippen MR) is 73.7 cm³/mol. The first-order valence-electron chi connectivity index (χ1n) is 7.26. The van der Waals surface area contributed by atoms with E-state index in [2.05, 4.69) is 36.1 Å². The summed E-state index contributed by atoms with van der Waals surface area (Å²) in [4.78, 5) is 14.1. The average Bonchev–Trinajstić information content (AvgIpc) is 2.46. The second kappa shape index (κ2) is 5.33. The maximum absolute atomic E-state index is 11.8. The van der Waals surface area contributed by atoms with E-state index < -0.39 is 0 Å². The Morgan fingerprint density at radius 3 is 2.74 bits per heavy atom. The molecule has 2 fully saturated rings. The van der Waals surface area contributed by atoms with Gasteiger partial charge in [0.15, 0.2) is 0 Å². The Morgan fingerprint density at radius 2 is 1.95 bits per heavy atom. The molecule has 0 spiro atoms. The standard InChI is InChI=1S/C16H21NO2/c1-12(13-7-3-2-4-8-13)17-11-16(18)19-15-10-6-5-9-14(15)17/h2-4,7-8,12,14-15H,5-6,9-11H2,1H3/t12-,14-,15-/m0/s1. The fourth-order valence-corrected chi connectivity index (χ4v) is 3.41. The quantitative estimate of drug-likeness (QED) is 0.765. The predicted octanol–water partition coefficient (Wildman–Crippen LogP) is 2.92. The van der Waals surface area contributed by atoms with Crippen LogP contribution in [0.3, 0.4) is 0 Å². The largest absolute Gasteiger partial charge is 0.460 e. The Bertz CT molecular complexity index is 445. The summed E-state index contributed by atoms with van der Waals surface area (Å²) in [6.45, 7) is 2.62. The van der Waals surface area contributed by atoms with E-state index in [1.807, 2.05) is 6.07 Å². The Labute approximate surface area is 114 Å². The number of ether oxygens (including phenoxy) is 1. The summed E-state index contributed by atoms with van der Waals surface area (Å²) in [5, 5.41) is 0. The Hall–Kier alpha value is -1.35. The normalized spacial score (nSPS) is 29.4. The highest BCUT2D eigenvalue weighted by molar-refractivity contribution is 5.73. The zero-order valence-corrected chi connectivity index (χ0v) is 11.4. The number of carbonyl (C=O) groups excluding carboxylic acids is 1. The van der Waals surface area contributed by atoms with Gasteiger partial charge in [0.05, 0.1) is 6.54 Å². The summed E-state index contributed by atoms with van der Waals surface area (Å²) < 4.78 is 5.53. The van der Waals surface area contributed by atoms with Gasteiger partial charge in [0, 0.05) is 12.1 Å². The van der Waals surface area contributed by atoms with Gasteiger partial charge in [-0.25, -0.2) is 0 Å². The molecule has 1 aromatic rings. The molecule has 19 heavy (non-hydrogen) atoms. The minimum Gasteiger partial charge on any atom is -0.460 e. The van der Waals surface area contributed by atoms with Crippen molar-refractivity contribution in [1.29, 1.82) is 0 Å². The molecule has 102 valence electrons. The number of nitrogens with zero attached hydrogens (tertiary/aromatic N) is 1. The van der Waals surface area contributed by atoms with Gasteiger partial charge in [-0.2, -0.15) is 0 Å². The molecule has 0 bridgehead atoms. The molecule has 1 saturated heterocycles. The summed E-state index contributed by atoms with van der Waals surface area (Å²) in [5.41, 5.74) is 1.28. The molecule has 3 atom stereocenters. The van der Waals surface area contributed by atoms with Crippen LogP contribution in [0.1, 0.15) is 44.2 Å². The second-order valence-electron chi connectivity index (χ2n) is 5.64. The lowest BCUT2D eigenvalue weighted by Crippen LogP contribution is -2.55. The summed E-state index contributed by atoms with van der Waals surface area (Å²) in [7, 11) is 0. The van der Waals surface area contributed by atoms with Crippen molar-refractivity contribution in [2.75, 3.05) is 6.54 Å². The van der Waals surface area contributed by atoms with Gasteiger partial charge in [0.25, 0.3) is 0 Å². The molecular weight excluding hydrogens is 238 g/mol. The van der Waals surface area contributed by atoms with E-state index in [9.17, 15) is 4.79 Å². The van der Waals surface area contributed by atoms with Crippen molar-refractivity contribution in [1.82, 2.24) is 4.90 Å². The maximum Gasteiger partial charge on any atom is 0.320 e. The van der Waals surface area contributed by atoms with Crippen LogP contribution in [0.2, 0.25) is 0 Å². The molecule has 0 aromatic heterocycles. The number of hydrogen-bond acceptors (Lipinski definition) is 3. The lowest BCUT2D eigenvalue weighted by Gasteiger charge is -2.45. The van der Waals surface area contributed by atoms with Crippen LogP contribution in [0.5, 0.6) is 0 Å². The molecule has 1 heterocycles. The molecule has 0 N–H and O–H groups in total. The first-order chi connectivity index (χ1) is 9.25. The first-order valence-corrected chi connectivity index (χ1v) is 7.26. The zero-order chi connectivity index (χ0) is 13.2. The number of morpholine rings is 1. The average molecular weight is 259 g/mol. The van der Waals surface area contributed by atoms with E-state index in [0.29, 0.717) is 12.6 Å². The molecule has 3 nitrogen and oxygen atoms in total. The van der Waals surface area contributed by atoms with E-state index in [1.165, 1.54) is 18.4 Å². The smallest absolute Gasteiger partial charge is 0.320 e. The summed E-state index contributed by atoms with van der Waals surface area (Å²) in [6, 6.07) is 11.1. The van der Waals surface area contributed by atoms with Crippen molar-refractivity contribution in [3.63, 3.8) is 0 Å². The van der Waals surface area contributed by atoms with Crippen LogP contribution in [0.4, 0.5) is 0 Å². The van der Waals surface area contributed by atoms with Crippen LogP contribution >= 0.6 is 0 Å². The number of carbonyl (C=O) groups is 1. The third-order valence-corrected chi connectivity index (χ3v) is 4.47. The number of fused-ring (bicyclic) bond motifs is 1. The first kappa shape index (κ1) is 12.7. The van der Waals surface area contributed by atoms with Crippen molar-refractivity contribution >= 4 is 5.97 Å². The van der Waals surface area contributed by atoms with Crippen molar-refractivity contribution in [2.45, 2.75) is 50.8 Å². The van der Waals surface area contributed by atoms with Crippen LogP contribution in [0.25, 0.3) is 0 Å². The Morgan fingerprint density at radius 1 is 1.21 bits per heavy atom. The number of hydrogen-bond donors (Lipinski definition) is 0. The van der Waals surface area contributed by atoms with Crippen LogP contribution < -0.4 is 0 Å². The molecule has 0 amide bonds. The van der Waals surface area contributed by atoms with Gasteiger partial charge >= 0.3 is 5.97 Å². The van der Waals surface area contributed by atoms with Gasteiger partial charge in [0.1, 0.15) is 6.10 Å². The maximum atomic E-state index is 11.8. The summed E-state index contributed by atoms with van der Waals surface area (Å²) in [5.74, 6) is -0.0640. The molecule has 2 aliphatic rings. The molecule has 1 aromatic carbocycles. The topological polar surface area (TPSA) is 29.5 Å². The molecule has 1 aliphatic heterocycles. The monoisotopic (exact) mass is 259 g/mol. The fraction of sp³-hybridized carbons (Fsp3) is 0.562. The van der Waals surface area contributed by atoms with Gasteiger partial charge in [-0.15, -0.1) is 0 Å². The third kappa shape index (κ3) is 2.52. The summed E-state index contributed by atoms with van der Waals surface area (Å²) >= 11 is 0. The second-order valence-corrected chi connectivity index (χ2v) is 5.64. The molecule has 3 heteroatoms. The van der Waals surface area contributed by atoms with Gasteiger partial charge in [-0.3, -0.25) is 9.69 Å². The van der Waals surface area contributed by atoms with Gasteiger partial charge in [0.2, 0.25) is 0 Å². The molecule has 0 radical (unpaired) electrons. The third-order valence-electron chi connectivity index (χ3n) is 4.47. The van der Waals surface area contributed by atoms with E-state index in [0.717, 1.165) is 12.8 Å². The van der Waals surface area contributed by atoms with Crippen LogP contribution in [0, 0.1) is 0 Å².